The molecule has 1 unspecified atom stereocenters. The number of esters is 1. The topological polar surface area (TPSA) is 101 Å². The monoisotopic (exact) mass is 453 g/mol. The predicted octanol–water partition coefficient (Wildman–Crippen LogP) is 1.77. The Kier molecular flexibility index (Phi) is 6.05. The number of amides is 1. The van der Waals surface area contributed by atoms with Gasteiger partial charge in [0.05, 0.1) is 31.7 Å². The second-order valence-electron chi connectivity index (χ2n) is 9.54. The minimum atomic E-state index is -0.159. The van der Waals surface area contributed by atoms with Crippen LogP contribution in [-0.2, 0) is 20.9 Å². The fourth-order valence-corrected chi connectivity index (χ4v) is 5.75. The lowest BCUT2D eigenvalue weighted by atomic mass is 9.74. The maximum Gasteiger partial charge on any atom is 0.308 e. The fourth-order valence-electron chi connectivity index (χ4n) is 5.75. The molecular weight excluding hydrogens is 422 g/mol. The van der Waals surface area contributed by atoms with Crippen molar-refractivity contribution >= 4 is 11.9 Å². The zero-order valence-electron chi connectivity index (χ0n) is 19.0. The molecular formula is C24H31N5O4. The van der Waals surface area contributed by atoms with Crippen LogP contribution in [0.1, 0.15) is 25.7 Å². The molecule has 9 heteroatoms. The molecule has 0 aliphatic carbocycles. The smallest absolute Gasteiger partial charge is 0.308 e. The molecule has 0 saturated carbocycles. The first-order chi connectivity index (χ1) is 16.0. The van der Waals surface area contributed by atoms with Gasteiger partial charge in [0.15, 0.2) is 0 Å². The summed E-state index contributed by atoms with van der Waals surface area (Å²) in [7, 11) is 1.43. The molecule has 0 spiro atoms. The van der Waals surface area contributed by atoms with Crippen LogP contribution in [0.5, 0.6) is 5.75 Å². The first-order valence-electron chi connectivity index (χ1n) is 11.8. The fraction of sp³-hybridized carbons (Fsp3) is 0.583. The van der Waals surface area contributed by atoms with Crippen molar-refractivity contribution in [1.82, 2.24) is 24.8 Å². The van der Waals surface area contributed by atoms with Crippen LogP contribution in [0.15, 0.2) is 30.5 Å². The van der Waals surface area contributed by atoms with Gasteiger partial charge in [-0.15, -0.1) is 5.10 Å². The molecule has 33 heavy (non-hydrogen) atoms. The van der Waals surface area contributed by atoms with Crippen molar-refractivity contribution in [3.63, 3.8) is 0 Å². The number of aromatic hydroxyl groups is 1. The van der Waals surface area contributed by atoms with Gasteiger partial charge >= 0.3 is 5.97 Å². The van der Waals surface area contributed by atoms with Crippen molar-refractivity contribution in [1.29, 1.82) is 0 Å². The number of hydrogen-bond acceptors (Lipinski definition) is 7. The third kappa shape index (κ3) is 4.46. The van der Waals surface area contributed by atoms with Crippen LogP contribution < -0.4 is 0 Å². The number of aromatic nitrogens is 3. The molecule has 4 saturated heterocycles. The number of piperidine rings is 4. The van der Waals surface area contributed by atoms with Gasteiger partial charge in [-0.05, 0) is 50.3 Å². The highest BCUT2D eigenvalue weighted by Gasteiger charge is 2.45. The first kappa shape index (κ1) is 21.9. The summed E-state index contributed by atoms with van der Waals surface area (Å²) in [5.74, 6) is 0.653. The van der Waals surface area contributed by atoms with Gasteiger partial charge in [0.2, 0.25) is 5.91 Å². The van der Waals surface area contributed by atoms with E-state index in [-0.39, 0.29) is 29.5 Å². The number of phenols is 1. The molecule has 9 nitrogen and oxygen atoms in total. The number of carbonyl (C=O) groups excluding carboxylic acids is 2. The molecule has 176 valence electrons. The van der Waals surface area contributed by atoms with Crippen LogP contribution >= 0.6 is 0 Å². The standard InChI is InChI=1S/C24H31N5O4/c1-33-24(32)16-5-8-27(9-6-16)23(31)21-14-28-10-7-17(21)11-19(28)13-29-15-22(25-26-29)18-3-2-4-20(30)12-18/h2-4,12,15-17,19,21,30H,5-11,13-14H2,1H3/t17-,19-,21+/m1/s1. The molecule has 4 fully saturated rings. The Bertz CT molecular complexity index is 1020. The van der Waals surface area contributed by atoms with Gasteiger partial charge in [-0.25, -0.2) is 0 Å². The summed E-state index contributed by atoms with van der Waals surface area (Å²) in [5, 5.41) is 18.3. The molecule has 1 amide bonds. The normalized spacial score (nSPS) is 27.5. The van der Waals surface area contributed by atoms with Crippen molar-refractivity contribution in [3.05, 3.63) is 30.5 Å². The van der Waals surface area contributed by atoms with Gasteiger partial charge in [0, 0.05) is 31.2 Å². The number of ether oxygens (including phenoxy) is 1. The van der Waals surface area contributed by atoms with E-state index in [1.807, 2.05) is 21.8 Å². The molecule has 1 aromatic heterocycles. The highest BCUT2D eigenvalue weighted by Crippen LogP contribution is 2.38. The number of hydrogen-bond donors (Lipinski definition) is 1. The van der Waals surface area contributed by atoms with Crippen LogP contribution in [0.2, 0.25) is 0 Å². The Hall–Kier alpha value is -2.94. The van der Waals surface area contributed by atoms with Crippen LogP contribution in [0.3, 0.4) is 0 Å². The Morgan fingerprint density at radius 2 is 2.00 bits per heavy atom. The van der Waals surface area contributed by atoms with E-state index in [1.165, 1.54) is 7.11 Å². The lowest BCUT2D eigenvalue weighted by Gasteiger charge is -2.50. The average Bonchev–Trinajstić information content (AvgIpc) is 3.32. The number of carbonyl (C=O) groups is 2. The van der Waals surface area contributed by atoms with Crippen LogP contribution in [0, 0.1) is 17.8 Å². The Morgan fingerprint density at radius 1 is 1.18 bits per heavy atom. The van der Waals surface area contributed by atoms with Gasteiger partial charge in [0.25, 0.3) is 0 Å². The Morgan fingerprint density at radius 3 is 2.70 bits per heavy atom. The summed E-state index contributed by atoms with van der Waals surface area (Å²) in [6, 6.07) is 7.37. The van der Waals surface area contributed by atoms with E-state index in [2.05, 4.69) is 15.2 Å². The summed E-state index contributed by atoms with van der Waals surface area (Å²) in [5.41, 5.74) is 1.58. The summed E-state index contributed by atoms with van der Waals surface area (Å²) >= 11 is 0. The molecule has 4 aliphatic rings. The van der Waals surface area contributed by atoms with Gasteiger partial charge in [0.1, 0.15) is 11.4 Å². The second-order valence-corrected chi connectivity index (χ2v) is 9.54. The maximum atomic E-state index is 13.3. The molecule has 5 heterocycles. The van der Waals surface area contributed by atoms with Crippen LogP contribution in [0.4, 0.5) is 0 Å². The summed E-state index contributed by atoms with van der Waals surface area (Å²) < 4.78 is 6.74. The number of methoxy groups -OCH3 is 1. The zero-order chi connectivity index (χ0) is 22.9. The molecule has 2 aromatic rings. The minimum absolute atomic E-state index is 0.0447. The lowest BCUT2D eigenvalue weighted by Crippen LogP contribution is -2.59. The molecule has 6 rings (SSSR count). The minimum Gasteiger partial charge on any atom is -0.508 e. The second kappa shape index (κ2) is 9.13. The maximum absolute atomic E-state index is 13.3. The van der Waals surface area contributed by atoms with E-state index in [0.717, 1.165) is 43.7 Å². The highest BCUT2D eigenvalue weighted by atomic mass is 16.5. The number of likely N-dealkylation sites (tertiary alicyclic amines) is 1. The summed E-state index contributed by atoms with van der Waals surface area (Å²) in [6.07, 6.45) is 5.34. The first-order valence-corrected chi connectivity index (χ1v) is 11.8. The highest BCUT2D eigenvalue weighted by molar-refractivity contribution is 5.80. The van der Waals surface area contributed by atoms with Crippen molar-refractivity contribution < 1.29 is 19.4 Å². The van der Waals surface area contributed by atoms with E-state index in [1.54, 1.807) is 18.2 Å². The third-order valence-corrected chi connectivity index (χ3v) is 7.62. The van der Waals surface area contributed by atoms with E-state index >= 15 is 0 Å². The van der Waals surface area contributed by atoms with E-state index in [9.17, 15) is 14.7 Å². The quantitative estimate of drug-likeness (QED) is 0.689. The van der Waals surface area contributed by atoms with Gasteiger partial charge < -0.3 is 14.7 Å². The number of nitrogens with zero attached hydrogens (tertiary/aromatic N) is 5. The van der Waals surface area contributed by atoms with Gasteiger partial charge in [-0.2, -0.15) is 0 Å². The van der Waals surface area contributed by atoms with Gasteiger partial charge in [-0.3, -0.25) is 19.2 Å². The third-order valence-electron chi connectivity index (χ3n) is 7.62. The Labute approximate surface area is 193 Å². The van der Waals surface area contributed by atoms with Crippen molar-refractivity contribution in [2.24, 2.45) is 17.8 Å². The summed E-state index contributed by atoms with van der Waals surface area (Å²) in [6.45, 7) is 3.83. The largest absolute Gasteiger partial charge is 0.508 e. The molecule has 0 radical (unpaired) electrons. The molecule has 1 N–H and O–H groups in total. The number of rotatable bonds is 5. The van der Waals surface area contributed by atoms with Crippen LogP contribution in [-0.4, -0.2) is 81.1 Å². The molecule has 4 aliphatic heterocycles. The summed E-state index contributed by atoms with van der Waals surface area (Å²) in [4.78, 5) is 29.4. The zero-order valence-corrected chi connectivity index (χ0v) is 19.0. The average molecular weight is 454 g/mol. The Balaban J connectivity index is 1.18. The number of phenolic OH excluding ortho intramolecular Hbond substituents is 1. The van der Waals surface area contributed by atoms with Crippen LogP contribution in [0.25, 0.3) is 11.3 Å². The van der Waals surface area contributed by atoms with Crippen molar-refractivity contribution in [3.8, 4) is 17.0 Å². The SMILES string of the molecule is COC(=O)C1CCN(C(=O)[C@H]2CN3CC[C@@H]2C[C@@H]3Cn2cc(-c3cccc(O)c3)nn2)CC1. The predicted molar refractivity (Wildman–Crippen MR) is 120 cm³/mol. The number of benzene rings is 1. The lowest BCUT2D eigenvalue weighted by molar-refractivity contribution is -0.152. The van der Waals surface area contributed by atoms with Gasteiger partial charge in [-0.1, -0.05) is 17.3 Å². The molecule has 1 aromatic carbocycles. The molecule has 4 atom stereocenters. The van der Waals surface area contributed by atoms with Crippen molar-refractivity contribution in [2.75, 3.05) is 33.3 Å². The van der Waals surface area contributed by atoms with E-state index < -0.39 is 0 Å². The van der Waals surface area contributed by atoms with Crippen molar-refractivity contribution in [2.45, 2.75) is 38.3 Å². The van der Waals surface area contributed by atoms with E-state index in [4.69, 9.17) is 4.74 Å². The number of fused-ring (bicyclic) bond motifs is 3. The van der Waals surface area contributed by atoms with E-state index in [0.29, 0.717) is 37.9 Å². The molecule has 2 bridgehead atoms.